The number of aryl methyl sites for hydroxylation is 1. The quantitative estimate of drug-likeness (QED) is 0.798. The summed E-state index contributed by atoms with van der Waals surface area (Å²) in [7, 11) is 0. The Morgan fingerprint density at radius 2 is 2.26 bits per heavy atom. The third-order valence-corrected chi connectivity index (χ3v) is 2.94. The molecule has 0 spiro atoms. The van der Waals surface area contributed by atoms with Crippen LogP contribution in [0, 0.1) is 6.92 Å². The summed E-state index contributed by atoms with van der Waals surface area (Å²) in [4.78, 5) is 11.7. The number of hydrogen-bond donors (Lipinski definition) is 0. The third-order valence-electron chi connectivity index (χ3n) is 2.94. The van der Waals surface area contributed by atoms with Crippen LogP contribution in [0.2, 0.25) is 0 Å². The number of esters is 1. The molecule has 2 atom stereocenters. The fraction of sp³-hybridized carbons (Fsp3) is 0.583. The molecule has 19 heavy (non-hydrogen) atoms. The number of ether oxygens (including phenoxy) is 2. The maximum atomic E-state index is 12.9. The van der Waals surface area contributed by atoms with Gasteiger partial charge >= 0.3 is 12.1 Å². The van der Waals surface area contributed by atoms with E-state index in [1.807, 2.05) is 0 Å². The van der Waals surface area contributed by atoms with Crippen molar-refractivity contribution in [1.29, 1.82) is 0 Å². The molecule has 106 valence electrons. The molecule has 1 aromatic heterocycles. The van der Waals surface area contributed by atoms with Crippen molar-refractivity contribution in [3.05, 3.63) is 23.7 Å². The van der Waals surface area contributed by atoms with E-state index in [0.717, 1.165) is 0 Å². The molecule has 0 amide bonds. The van der Waals surface area contributed by atoms with Gasteiger partial charge in [-0.25, -0.2) is 4.79 Å². The Bertz CT molecular complexity index is 446. The second-order valence-corrected chi connectivity index (χ2v) is 4.31. The molecule has 0 N–H and O–H groups in total. The average Bonchev–Trinajstić information content (AvgIpc) is 2.94. The molecule has 0 saturated carbocycles. The lowest BCUT2D eigenvalue weighted by Gasteiger charge is -2.25. The highest BCUT2D eigenvalue weighted by atomic mass is 19.4. The van der Waals surface area contributed by atoms with Gasteiger partial charge in [0.2, 0.25) is 6.10 Å². The zero-order chi connectivity index (χ0) is 14.0. The minimum Gasteiger partial charge on any atom is -0.469 e. The zero-order valence-corrected chi connectivity index (χ0v) is 10.2. The van der Waals surface area contributed by atoms with Gasteiger partial charge in [-0.05, 0) is 25.8 Å². The van der Waals surface area contributed by atoms with Gasteiger partial charge in [0.25, 0.3) is 0 Å². The fourth-order valence-electron chi connectivity index (χ4n) is 1.97. The van der Waals surface area contributed by atoms with Crippen LogP contribution in [0.3, 0.4) is 0 Å². The summed E-state index contributed by atoms with van der Waals surface area (Å²) in [5.41, 5.74) is -0.00718. The van der Waals surface area contributed by atoms with Gasteiger partial charge in [-0.3, -0.25) is 0 Å². The standard InChI is InChI=1S/C12H13F3O4/c1-7-8(4-6-17-7)11(16)19-10(12(13,14)15)9-3-2-5-18-9/h4,6,9-10H,2-3,5H2,1H3/t9-,10+/m1/s1. The Hall–Kier alpha value is -1.50. The molecule has 1 saturated heterocycles. The van der Waals surface area contributed by atoms with Crippen LogP contribution >= 0.6 is 0 Å². The summed E-state index contributed by atoms with van der Waals surface area (Å²) in [5, 5.41) is 0. The summed E-state index contributed by atoms with van der Waals surface area (Å²) in [6, 6.07) is 1.28. The van der Waals surface area contributed by atoms with Gasteiger partial charge in [0.1, 0.15) is 17.4 Å². The van der Waals surface area contributed by atoms with Crippen molar-refractivity contribution in [2.75, 3.05) is 6.61 Å². The Kier molecular flexibility index (Phi) is 3.84. The molecule has 4 nitrogen and oxygen atoms in total. The van der Waals surface area contributed by atoms with Gasteiger partial charge < -0.3 is 13.9 Å². The first-order valence-electron chi connectivity index (χ1n) is 5.83. The Morgan fingerprint density at radius 1 is 1.53 bits per heavy atom. The number of rotatable bonds is 3. The molecule has 0 unspecified atom stereocenters. The van der Waals surface area contributed by atoms with Crippen molar-refractivity contribution in [3.63, 3.8) is 0 Å². The molecular weight excluding hydrogens is 265 g/mol. The first kappa shape index (κ1) is 13.9. The number of halogens is 3. The minimum atomic E-state index is -4.65. The van der Waals surface area contributed by atoms with Crippen molar-refractivity contribution in [1.82, 2.24) is 0 Å². The van der Waals surface area contributed by atoms with E-state index in [4.69, 9.17) is 9.15 Å². The molecule has 1 aliphatic rings. The van der Waals surface area contributed by atoms with Crippen molar-refractivity contribution < 1.29 is 31.9 Å². The molecule has 2 heterocycles. The van der Waals surface area contributed by atoms with E-state index < -0.39 is 24.4 Å². The van der Waals surface area contributed by atoms with Crippen LogP contribution in [0.1, 0.15) is 29.0 Å². The van der Waals surface area contributed by atoms with E-state index in [-0.39, 0.29) is 24.4 Å². The van der Waals surface area contributed by atoms with E-state index in [0.29, 0.717) is 6.42 Å². The maximum Gasteiger partial charge on any atom is 0.428 e. The predicted molar refractivity (Wildman–Crippen MR) is 57.7 cm³/mol. The van der Waals surface area contributed by atoms with Crippen LogP contribution < -0.4 is 0 Å². The highest BCUT2D eigenvalue weighted by molar-refractivity contribution is 5.90. The van der Waals surface area contributed by atoms with E-state index in [1.54, 1.807) is 0 Å². The van der Waals surface area contributed by atoms with Crippen molar-refractivity contribution in [2.24, 2.45) is 0 Å². The average molecular weight is 278 g/mol. The van der Waals surface area contributed by atoms with Crippen molar-refractivity contribution in [2.45, 2.75) is 38.1 Å². The second-order valence-electron chi connectivity index (χ2n) is 4.31. The van der Waals surface area contributed by atoms with Crippen LogP contribution in [0.5, 0.6) is 0 Å². The molecule has 0 aliphatic carbocycles. The monoisotopic (exact) mass is 278 g/mol. The van der Waals surface area contributed by atoms with Gasteiger partial charge in [0, 0.05) is 6.61 Å². The minimum absolute atomic E-state index is 0.00718. The Balaban J connectivity index is 2.12. The first-order chi connectivity index (χ1) is 8.89. The summed E-state index contributed by atoms with van der Waals surface area (Å²) >= 11 is 0. The van der Waals surface area contributed by atoms with Crippen LogP contribution in [-0.4, -0.2) is 31.0 Å². The first-order valence-corrected chi connectivity index (χ1v) is 5.83. The highest BCUT2D eigenvalue weighted by Crippen LogP contribution is 2.32. The molecule has 1 aromatic rings. The largest absolute Gasteiger partial charge is 0.469 e. The molecule has 1 aliphatic heterocycles. The molecule has 7 heteroatoms. The van der Waals surface area contributed by atoms with Crippen LogP contribution in [0.25, 0.3) is 0 Å². The van der Waals surface area contributed by atoms with E-state index in [2.05, 4.69) is 4.74 Å². The lowest BCUT2D eigenvalue weighted by atomic mass is 10.1. The van der Waals surface area contributed by atoms with Gasteiger partial charge in [-0.1, -0.05) is 0 Å². The molecular formula is C12H13F3O4. The summed E-state index contributed by atoms with van der Waals surface area (Å²) < 4.78 is 53.1. The summed E-state index contributed by atoms with van der Waals surface area (Å²) in [6.07, 6.45) is -6.04. The maximum absolute atomic E-state index is 12.9. The van der Waals surface area contributed by atoms with Gasteiger partial charge in [-0.15, -0.1) is 0 Å². The second kappa shape index (κ2) is 5.24. The van der Waals surface area contributed by atoms with Gasteiger partial charge in [0.05, 0.1) is 6.26 Å². The number of carbonyl (C=O) groups excluding carboxylic acids is 1. The number of furan rings is 1. The molecule has 2 rings (SSSR count). The smallest absolute Gasteiger partial charge is 0.428 e. The van der Waals surface area contributed by atoms with Gasteiger partial charge in [0.15, 0.2) is 0 Å². The van der Waals surface area contributed by atoms with Crippen molar-refractivity contribution in [3.8, 4) is 0 Å². The lowest BCUT2D eigenvalue weighted by Crippen LogP contribution is -2.43. The lowest BCUT2D eigenvalue weighted by molar-refractivity contribution is -0.230. The molecule has 0 aromatic carbocycles. The predicted octanol–water partition coefficient (Wildman–Crippen LogP) is 2.85. The topological polar surface area (TPSA) is 48.7 Å². The SMILES string of the molecule is Cc1occc1C(=O)O[C@@H]([C@H]1CCCO1)C(F)(F)F. The third kappa shape index (κ3) is 3.09. The van der Waals surface area contributed by atoms with E-state index in [1.165, 1.54) is 19.3 Å². The normalized spacial score (nSPS) is 21.4. The van der Waals surface area contributed by atoms with E-state index >= 15 is 0 Å². The Morgan fingerprint density at radius 3 is 2.74 bits per heavy atom. The molecule has 1 fully saturated rings. The highest BCUT2D eigenvalue weighted by Gasteiger charge is 2.49. The number of hydrogen-bond acceptors (Lipinski definition) is 4. The zero-order valence-electron chi connectivity index (χ0n) is 10.2. The van der Waals surface area contributed by atoms with Crippen LogP contribution in [-0.2, 0) is 9.47 Å². The Labute approximate surface area is 107 Å². The van der Waals surface area contributed by atoms with Crippen molar-refractivity contribution >= 4 is 5.97 Å². The summed E-state index contributed by atoms with van der Waals surface area (Å²) in [5.74, 6) is -0.831. The summed E-state index contributed by atoms with van der Waals surface area (Å²) in [6.45, 7) is 1.73. The fourth-order valence-corrected chi connectivity index (χ4v) is 1.97. The van der Waals surface area contributed by atoms with Gasteiger partial charge in [-0.2, -0.15) is 13.2 Å². The molecule has 0 radical (unpaired) electrons. The number of alkyl halides is 3. The molecule has 0 bridgehead atoms. The van der Waals surface area contributed by atoms with Crippen LogP contribution in [0.15, 0.2) is 16.7 Å². The number of carbonyl (C=O) groups is 1. The van der Waals surface area contributed by atoms with Crippen LogP contribution in [0.4, 0.5) is 13.2 Å². The van der Waals surface area contributed by atoms with E-state index in [9.17, 15) is 18.0 Å².